The van der Waals surface area contributed by atoms with E-state index in [1.54, 1.807) is 7.11 Å². The van der Waals surface area contributed by atoms with Gasteiger partial charge in [-0.3, -0.25) is 4.90 Å². The molecule has 0 aliphatic carbocycles. The fraction of sp³-hybridized carbons (Fsp3) is 0.444. The van der Waals surface area contributed by atoms with Gasteiger partial charge in [0.25, 0.3) is 0 Å². The molecule has 1 aromatic carbocycles. The zero-order chi connectivity index (χ0) is 15.8. The Labute approximate surface area is 128 Å². The van der Waals surface area contributed by atoms with E-state index in [1.807, 2.05) is 30.4 Å². The summed E-state index contributed by atoms with van der Waals surface area (Å²) in [5.74, 6) is 1.14. The van der Waals surface area contributed by atoms with Gasteiger partial charge in [0, 0.05) is 25.2 Å². The van der Waals surface area contributed by atoms with Crippen LogP contribution >= 0.6 is 0 Å². The van der Waals surface area contributed by atoms with Crippen LogP contribution in [0.2, 0.25) is 0 Å². The molecule has 1 N–H and O–H groups in total. The molecular formula is C18H27NO2. The molecule has 0 bridgehead atoms. The summed E-state index contributed by atoms with van der Waals surface area (Å²) in [6.45, 7) is 13.7. The summed E-state index contributed by atoms with van der Waals surface area (Å²) in [7, 11) is 1.63. The van der Waals surface area contributed by atoms with Crippen LogP contribution in [-0.4, -0.2) is 36.8 Å². The quantitative estimate of drug-likeness (QED) is 0.706. The van der Waals surface area contributed by atoms with Crippen molar-refractivity contribution in [2.45, 2.75) is 25.9 Å². The number of hydrogen-bond acceptors (Lipinski definition) is 3. The minimum atomic E-state index is -0.599. The van der Waals surface area contributed by atoms with Gasteiger partial charge in [-0.05, 0) is 23.6 Å². The number of nitrogens with zero attached hydrogens (tertiary/aromatic N) is 1. The molecule has 0 saturated heterocycles. The second-order valence-corrected chi connectivity index (χ2v) is 5.47. The highest BCUT2D eigenvalue weighted by atomic mass is 16.5. The molecule has 1 unspecified atom stereocenters. The summed E-state index contributed by atoms with van der Waals surface area (Å²) in [4.78, 5) is 2.09. The number of benzene rings is 1. The zero-order valence-corrected chi connectivity index (χ0v) is 13.4. The third-order valence-corrected chi connectivity index (χ3v) is 3.49. The standard InChI is InChI=1S/C18H27NO2/c1-6-10-19(11-7-2)13-17(20)16-12-15(14(3)4)8-9-18(16)21-5/h6-9,12,14,17,20H,1-2,10-11,13H2,3-5H3. The summed E-state index contributed by atoms with van der Waals surface area (Å²) in [5.41, 5.74) is 2.03. The fourth-order valence-electron chi connectivity index (χ4n) is 2.30. The summed E-state index contributed by atoms with van der Waals surface area (Å²) in [5, 5.41) is 10.6. The smallest absolute Gasteiger partial charge is 0.124 e. The number of aliphatic hydroxyl groups excluding tert-OH is 1. The first-order valence-electron chi connectivity index (χ1n) is 7.33. The van der Waals surface area contributed by atoms with E-state index in [4.69, 9.17) is 4.74 Å². The normalized spacial score (nSPS) is 12.5. The van der Waals surface area contributed by atoms with E-state index >= 15 is 0 Å². The predicted molar refractivity (Wildman–Crippen MR) is 88.9 cm³/mol. The average Bonchev–Trinajstić information content (AvgIpc) is 2.46. The van der Waals surface area contributed by atoms with Crippen molar-refractivity contribution in [2.75, 3.05) is 26.7 Å². The predicted octanol–water partition coefficient (Wildman–Crippen LogP) is 3.53. The molecule has 1 aromatic rings. The van der Waals surface area contributed by atoms with E-state index in [0.717, 1.165) is 24.4 Å². The number of methoxy groups -OCH3 is 1. The Kier molecular flexibility index (Phi) is 7.20. The lowest BCUT2D eigenvalue weighted by molar-refractivity contribution is 0.123. The van der Waals surface area contributed by atoms with Gasteiger partial charge in [0.1, 0.15) is 5.75 Å². The van der Waals surface area contributed by atoms with E-state index in [1.165, 1.54) is 5.56 Å². The largest absolute Gasteiger partial charge is 0.496 e. The molecule has 0 amide bonds. The van der Waals surface area contributed by atoms with Gasteiger partial charge in [-0.2, -0.15) is 0 Å². The van der Waals surface area contributed by atoms with Gasteiger partial charge in [0.2, 0.25) is 0 Å². The molecule has 21 heavy (non-hydrogen) atoms. The van der Waals surface area contributed by atoms with Gasteiger partial charge in [-0.15, -0.1) is 13.2 Å². The Morgan fingerprint density at radius 1 is 1.24 bits per heavy atom. The van der Waals surface area contributed by atoms with Gasteiger partial charge in [-0.1, -0.05) is 32.1 Å². The van der Waals surface area contributed by atoms with E-state index in [-0.39, 0.29) is 0 Å². The van der Waals surface area contributed by atoms with E-state index < -0.39 is 6.10 Å². The second-order valence-electron chi connectivity index (χ2n) is 5.47. The van der Waals surface area contributed by atoms with Crippen molar-refractivity contribution in [3.63, 3.8) is 0 Å². The first-order valence-corrected chi connectivity index (χ1v) is 7.33. The lowest BCUT2D eigenvalue weighted by atomic mass is 9.97. The highest BCUT2D eigenvalue weighted by molar-refractivity contribution is 5.40. The fourth-order valence-corrected chi connectivity index (χ4v) is 2.30. The molecule has 1 atom stereocenters. The Bertz CT molecular complexity index is 458. The van der Waals surface area contributed by atoms with Crippen LogP contribution in [-0.2, 0) is 0 Å². The third-order valence-electron chi connectivity index (χ3n) is 3.49. The van der Waals surface area contributed by atoms with Crippen LogP contribution in [0.1, 0.15) is 37.0 Å². The van der Waals surface area contributed by atoms with Crippen molar-refractivity contribution in [1.82, 2.24) is 4.90 Å². The molecule has 0 aliphatic rings. The van der Waals surface area contributed by atoms with E-state index in [0.29, 0.717) is 12.5 Å². The lowest BCUT2D eigenvalue weighted by Gasteiger charge is -2.24. The minimum Gasteiger partial charge on any atom is -0.496 e. The number of aliphatic hydroxyl groups is 1. The van der Waals surface area contributed by atoms with Gasteiger partial charge in [0.15, 0.2) is 0 Å². The van der Waals surface area contributed by atoms with E-state index in [2.05, 4.69) is 31.9 Å². The third kappa shape index (κ3) is 5.03. The van der Waals surface area contributed by atoms with Crippen molar-refractivity contribution in [1.29, 1.82) is 0 Å². The highest BCUT2D eigenvalue weighted by Gasteiger charge is 2.17. The molecular weight excluding hydrogens is 262 g/mol. The summed E-state index contributed by atoms with van der Waals surface area (Å²) >= 11 is 0. The maximum atomic E-state index is 10.6. The van der Waals surface area contributed by atoms with Crippen LogP contribution in [0.25, 0.3) is 0 Å². The molecule has 3 nitrogen and oxygen atoms in total. The van der Waals surface area contributed by atoms with Gasteiger partial charge < -0.3 is 9.84 Å². The molecule has 0 radical (unpaired) electrons. The molecule has 0 heterocycles. The van der Waals surface area contributed by atoms with Gasteiger partial charge in [-0.25, -0.2) is 0 Å². The highest BCUT2D eigenvalue weighted by Crippen LogP contribution is 2.29. The van der Waals surface area contributed by atoms with Crippen molar-refractivity contribution in [3.05, 3.63) is 54.6 Å². The van der Waals surface area contributed by atoms with Crippen LogP contribution in [0.3, 0.4) is 0 Å². The van der Waals surface area contributed by atoms with Gasteiger partial charge in [0.05, 0.1) is 13.2 Å². The number of ether oxygens (including phenoxy) is 1. The number of hydrogen-bond donors (Lipinski definition) is 1. The monoisotopic (exact) mass is 289 g/mol. The van der Waals surface area contributed by atoms with E-state index in [9.17, 15) is 5.11 Å². The maximum Gasteiger partial charge on any atom is 0.124 e. The van der Waals surface area contributed by atoms with Gasteiger partial charge >= 0.3 is 0 Å². The Hall–Kier alpha value is -1.58. The summed E-state index contributed by atoms with van der Waals surface area (Å²) in [6.07, 6.45) is 3.06. The van der Waals surface area contributed by atoms with Crippen molar-refractivity contribution >= 4 is 0 Å². The minimum absolute atomic E-state index is 0.416. The Morgan fingerprint density at radius 3 is 2.33 bits per heavy atom. The first kappa shape index (κ1) is 17.5. The zero-order valence-electron chi connectivity index (χ0n) is 13.4. The van der Waals surface area contributed by atoms with Crippen LogP contribution in [0.5, 0.6) is 5.75 Å². The van der Waals surface area contributed by atoms with Crippen molar-refractivity contribution in [2.24, 2.45) is 0 Å². The topological polar surface area (TPSA) is 32.7 Å². The van der Waals surface area contributed by atoms with Crippen LogP contribution < -0.4 is 4.74 Å². The molecule has 3 heteroatoms. The molecule has 0 fully saturated rings. The molecule has 0 saturated carbocycles. The SMILES string of the molecule is C=CCN(CC=C)CC(O)c1cc(C(C)C)ccc1OC. The van der Waals surface area contributed by atoms with Crippen LogP contribution in [0, 0.1) is 0 Å². The average molecular weight is 289 g/mol. The Morgan fingerprint density at radius 2 is 1.86 bits per heavy atom. The molecule has 1 rings (SSSR count). The summed E-state index contributed by atoms with van der Waals surface area (Å²) in [6, 6.07) is 6.01. The first-order chi connectivity index (χ1) is 10.0. The van der Waals surface area contributed by atoms with Crippen LogP contribution in [0.15, 0.2) is 43.5 Å². The Balaban J connectivity index is 2.97. The lowest BCUT2D eigenvalue weighted by Crippen LogP contribution is -2.29. The summed E-state index contributed by atoms with van der Waals surface area (Å²) < 4.78 is 5.38. The maximum absolute atomic E-state index is 10.6. The molecule has 0 aromatic heterocycles. The molecule has 116 valence electrons. The van der Waals surface area contributed by atoms with Crippen molar-refractivity contribution < 1.29 is 9.84 Å². The molecule has 0 spiro atoms. The second kappa shape index (κ2) is 8.65. The van der Waals surface area contributed by atoms with Crippen LogP contribution in [0.4, 0.5) is 0 Å². The van der Waals surface area contributed by atoms with Crippen molar-refractivity contribution in [3.8, 4) is 5.75 Å². The molecule has 0 aliphatic heterocycles. The number of rotatable bonds is 9.